The summed E-state index contributed by atoms with van der Waals surface area (Å²) in [6.45, 7) is 2.94. The number of nitrogens with one attached hydrogen (secondary N) is 1. The zero-order valence-corrected chi connectivity index (χ0v) is 17.7. The van der Waals surface area contributed by atoms with Crippen molar-refractivity contribution in [2.45, 2.75) is 32.4 Å². The summed E-state index contributed by atoms with van der Waals surface area (Å²) in [6.07, 6.45) is 2.87. The Morgan fingerprint density at radius 2 is 2.13 bits per heavy atom. The van der Waals surface area contributed by atoms with E-state index in [0.29, 0.717) is 30.2 Å². The molecule has 1 aliphatic rings. The third-order valence-corrected chi connectivity index (χ3v) is 6.59. The first-order chi connectivity index (χ1) is 14.5. The highest BCUT2D eigenvalue weighted by Gasteiger charge is 2.35. The number of methoxy groups -OCH3 is 1. The summed E-state index contributed by atoms with van der Waals surface area (Å²) in [5.41, 5.74) is 7.29. The van der Waals surface area contributed by atoms with Gasteiger partial charge in [-0.15, -0.1) is 11.3 Å². The van der Waals surface area contributed by atoms with Gasteiger partial charge in [0.25, 0.3) is 5.91 Å². The number of hydrogen-bond acceptors (Lipinski definition) is 7. The molecule has 0 saturated carbocycles. The Balaban J connectivity index is 1.65. The third-order valence-electron chi connectivity index (χ3n) is 5.40. The van der Waals surface area contributed by atoms with Gasteiger partial charge in [0.15, 0.2) is 0 Å². The average Bonchev–Trinajstić information content (AvgIpc) is 3.37. The molecule has 1 aliphatic heterocycles. The number of likely N-dealkylation sites (tertiary alicyclic amines) is 1. The maximum atomic E-state index is 13.2. The molecule has 30 heavy (non-hydrogen) atoms. The van der Waals surface area contributed by atoms with E-state index >= 15 is 0 Å². The first-order valence-corrected chi connectivity index (χ1v) is 10.5. The highest BCUT2D eigenvalue weighted by atomic mass is 32.1. The number of carbonyl (C=O) groups is 2. The van der Waals surface area contributed by atoms with Gasteiger partial charge < -0.3 is 20.7 Å². The Morgan fingerprint density at radius 3 is 2.90 bits per heavy atom. The second kappa shape index (κ2) is 8.27. The quantitative estimate of drug-likeness (QED) is 0.628. The van der Waals surface area contributed by atoms with Crippen LogP contribution in [0.4, 0.5) is 5.82 Å². The normalized spacial score (nSPS) is 16.1. The van der Waals surface area contributed by atoms with Gasteiger partial charge in [0.2, 0.25) is 5.91 Å². The molecule has 3 heterocycles. The van der Waals surface area contributed by atoms with E-state index in [2.05, 4.69) is 15.3 Å². The minimum atomic E-state index is -0.545. The lowest BCUT2D eigenvalue weighted by Crippen LogP contribution is -2.43. The molecule has 2 amide bonds. The topological polar surface area (TPSA) is 110 Å². The molecule has 0 aliphatic carbocycles. The third kappa shape index (κ3) is 3.56. The highest BCUT2D eigenvalue weighted by Crippen LogP contribution is 2.35. The van der Waals surface area contributed by atoms with Crippen LogP contribution >= 0.6 is 11.3 Å². The van der Waals surface area contributed by atoms with Gasteiger partial charge in [0.05, 0.1) is 17.4 Å². The highest BCUT2D eigenvalue weighted by molar-refractivity contribution is 7.20. The van der Waals surface area contributed by atoms with Crippen molar-refractivity contribution >= 4 is 39.2 Å². The molecule has 4 rings (SSSR count). The zero-order chi connectivity index (χ0) is 21.3. The standard InChI is InChI=1S/C21H23N5O3S/c1-12-16-19(23-10-13-6-3-4-8-15(13)29-2)24-11-25-20(16)30-17(12)21(28)26-9-5-7-14(26)18(22)27/h3-4,6,8,11,14H,5,7,9-10H2,1-2H3,(H2,22,27)(H,23,24,25)/t14-/m0/s1. The molecular weight excluding hydrogens is 402 g/mol. The van der Waals surface area contributed by atoms with Gasteiger partial charge in [0.1, 0.15) is 28.8 Å². The van der Waals surface area contributed by atoms with E-state index in [1.54, 1.807) is 12.0 Å². The van der Waals surface area contributed by atoms with Gasteiger partial charge in [-0.1, -0.05) is 18.2 Å². The number of ether oxygens (including phenoxy) is 1. The molecule has 1 fully saturated rings. The fourth-order valence-electron chi connectivity index (χ4n) is 3.87. The van der Waals surface area contributed by atoms with Crippen LogP contribution < -0.4 is 15.8 Å². The van der Waals surface area contributed by atoms with E-state index in [1.807, 2.05) is 31.2 Å². The van der Waals surface area contributed by atoms with Crippen LogP contribution in [0, 0.1) is 6.92 Å². The van der Waals surface area contributed by atoms with Crippen LogP contribution in [0.25, 0.3) is 10.2 Å². The molecule has 0 radical (unpaired) electrons. The number of anilines is 1. The lowest BCUT2D eigenvalue weighted by atomic mass is 10.1. The van der Waals surface area contributed by atoms with Crippen LogP contribution in [0.2, 0.25) is 0 Å². The number of carbonyl (C=O) groups excluding carboxylic acids is 2. The number of rotatable bonds is 6. The Bertz CT molecular complexity index is 1110. The summed E-state index contributed by atoms with van der Waals surface area (Å²) in [6, 6.07) is 7.22. The summed E-state index contributed by atoms with van der Waals surface area (Å²) in [7, 11) is 1.64. The number of aryl methyl sites for hydroxylation is 1. The summed E-state index contributed by atoms with van der Waals surface area (Å²) in [5.74, 6) is 0.817. The molecule has 3 N–H and O–H groups in total. The number of primary amides is 1. The molecule has 3 aromatic rings. The molecule has 0 bridgehead atoms. The smallest absolute Gasteiger partial charge is 0.264 e. The fraction of sp³-hybridized carbons (Fsp3) is 0.333. The van der Waals surface area contributed by atoms with Crippen molar-refractivity contribution in [3.63, 3.8) is 0 Å². The number of fused-ring (bicyclic) bond motifs is 1. The van der Waals surface area contributed by atoms with Crippen molar-refractivity contribution in [3.05, 3.63) is 46.6 Å². The Kier molecular flexibility index (Phi) is 5.54. The largest absolute Gasteiger partial charge is 0.496 e. The van der Waals surface area contributed by atoms with Gasteiger partial charge in [-0.25, -0.2) is 9.97 Å². The predicted octanol–water partition coefficient (Wildman–Crippen LogP) is 2.71. The van der Waals surface area contributed by atoms with E-state index in [0.717, 1.165) is 33.5 Å². The number of hydrogen-bond donors (Lipinski definition) is 2. The van der Waals surface area contributed by atoms with Crippen molar-refractivity contribution in [3.8, 4) is 5.75 Å². The van der Waals surface area contributed by atoms with E-state index < -0.39 is 11.9 Å². The van der Waals surface area contributed by atoms with Gasteiger partial charge >= 0.3 is 0 Å². The average molecular weight is 426 g/mol. The predicted molar refractivity (Wildman–Crippen MR) is 116 cm³/mol. The van der Waals surface area contributed by atoms with Gasteiger partial charge in [-0.2, -0.15) is 0 Å². The fourth-order valence-corrected chi connectivity index (χ4v) is 4.98. The van der Waals surface area contributed by atoms with E-state index in [-0.39, 0.29) is 5.91 Å². The maximum Gasteiger partial charge on any atom is 0.264 e. The second-order valence-corrected chi connectivity index (χ2v) is 8.18. The van der Waals surface area contributed by atoms with Crippen molar-refractivity contribution in [2.75, 3.05) is 19.0 Å². The monoisotopic (exact) mass is 425 g/mol. The first kappa shape index (κ1) is 20.1. The molecule has 1 saturated heterocycles. The van der Waals surface area contributed by atoms with Crippen LogP contribution in [-0.2, 0) is 11.3 Å². The molecule has 156 valence electrons. The van der Waals surface area contributed by atoms with Crippen LogP contribution in [0.1, 0.15) is 33.6 Å². The lowest BCUT2D eigenvalue weighted by Gasteiger charge is -2.21. The van der Waals surface area contributed by atoms with Crippen molar-refractivity contribution in [2.24, 2.45) is 5.73 Å². The maximum absolute atomic E-state index is 13.2. The number of para-hydroxylation sites is 1. The number of aromatic nitrogens is 2. The number of nitrogens with zero attached hydrogens (tertiary/aromatic N) is 3. The SMILES string of the molecule is COc1ccccc1CNc1ncnc2sc(C(=O)N3CCC[C@H]3C(N)=O)c(C)c12. The number of thiophene rings is 1. The summed E-state index contributed by atoms with van der Waals surface area (Å²) in [4.78, 5) is 36.5. The van der Waals surface area contributed by atoms with Crippen LogP contribution in [0.5, 0.6) is 5.75 Å². The van der Waals surface area contributed by atoms with Gasteiger partial charge in [0, 0.05) is 18.7 Å². The van der Waals surface area contributed by atoms with E-state index in [4.69, 9.17) is 10.5 Å². The molecule has 1 atom stereocenters. The van der Waals surface area contributed by atoms with Crippen LogP contribution in [0.15, 0.2) is 30.6 Å². The van der Waals surface area contributed by atoms with E-state index in [1.165, 1.54) is 17.7 Å². The number of benzene rings is 1. The summed E-state index contributed by atoms with van der Waals surface area (Å²) in [5, 5.41) is 4.16. The lowest BCUT2D eigenvalue weighted by molar-refractivity contribution is -0.121. The Hall–Kier alpha value is -3.20. The van der Waals surface area contributed by atoms with Gasteiger partial charge in [-0.3, -0.25) is 9.59 Å². The molecular formula is C21H23N5O3S. The number of nitrogens with two attached hydrogens (primary N) is 1. The van der Waals surface area contributed by atoms with Gasteiger partial charge in [-0.05, 0) is 31.4 Å². The Labute approximate surface area is 178 Å². The van der Waals surface area contributed by atoms with Crippen molar-refractivity contribution in [1.29, 1.82) is 0 Å². The summed E-state index contributed by atoms with van der Waals surface area (Å²) >= 11 is 1.32. The minimum Gasteiger partial charge on any atom is -0.496 e. The molecule has 1 aromatic carbocycles. The van der Waals surface area contributed by atoms with Crippen LogP contribution in [-0.4, -0.2) is 46.4 Å². The minimum absolute atomic E-state index is 0.174. The van der Waals surface area contributed by atoms with Crippen molar-refractivity contribution in [1.82, 2.24) is 14.9 Å². The zero-order valence-electron chi connectivity index (χ0n) is 16.8. The van der Waals surface area contributed by atoms with Crippen LogP contribution in [0.3, 0.4) is 0 Å². The molecule has 8 nitrogen and oxygen atoms in total. The number of amides is 2. The molecule has 0 unspecified atom stereocenters. The second-order valence-electron chi connectivity index (χ2n) is 7.18. The summed E-state index contributed by atoms with van der Waals surface area (Å²) < 4.78 is 5.41. The van der Waals surface area contributed by atoms with Crippen molar-refractivity contribution < 1.29 is 14.3 Å². The first-order valence-electron chi connectivity index (χ1n) is 9.71. The molecule has 0 spiro atoms. The Morgan fingerprint density at radius 1 is 1.33 bits per heavy atom. The molecule has 2 aromatic heterocycles. The van der Waals surface area contributed by atoms with E-state index in [9.17, 15) is 9.59 Å². The molecule has 9 heteroatoms.